The lowest BCUT2D eigenvalue weighted by Gasteiger charge is -2.20. The van der Waals surface area contributed by atoms with Gasteiger partial charge in [0.2, 0.25) is 0 Å². The van der Waals surface area contributed by atoms with Crippen molar-refractivity contribution in [1.82, 2.24) is 10.2 Å². The van der Waals surface area contributed by atoms with Gasteiger partial charge in [-0.15, -0.1) is 0 Å². The van der Waals surface area contributed by atoms with Gasteiger partial charge in [0.25, 0.3) is 0 Å². The highest BCUT2D eigenvalue weighted by molar-refractivity contribution is 4.85. The monoisotopic (exact) mass is 272 g/mol. The van der Waals surface area contributed by atoms with E-state index >= 15 is 0 Å². The highest BCUT2D eigenvalue weighted by atomic mass is 16.5. The molecular weight excluding hydrogens is 240 g/mol. The zero-order valence-electron chi connectivity index (χ0n) is 13.4. The van der Waals surface area contributed by atoms with Crippen molar-refractivity contribution in [2.75, 3.05) is 40.4 Å². The van der Waals surface area contributed by atoms with E-state index in [1.165, 1.54) is 19.3 Å². The number of rotatable bonds is 8. The molecule has 2 atom stereocenters. The maximum absolute atomic E-state index is 5.45. The average molecular weight is 272 g/mol. The van der Waals surface area contributed by atoms with Gasteiger partial charge in [-0.25, -0.2) is 0 Å². The summed E-state index contributed by atoms with van der Waals surface area (Å²) in [6.45, 7) is 10.9. The van der Waals surface area contributed by atoms with E-state index in [0.717, 1.165) is 26.2 Å². The van der Waals surface area contributed by atoms with Crippen molar-refractivity contribution in [3.8, 4) is 0 Å². The summed E-state index contributed by atoms with van der Waals surface area (Å²) in [7, 11) is 3.55. The van der Waals surface area contributed by atoms with Crippen molar-refractivity contribution in [3.05, 3.63) is 0 Å². The number of hydrogen-bond donors (Lipinski definition) is 1. The predicted octanol–water partition coefficient (Wildman–Crippen LogP) is 1.89. The van der Waals surface area contributed by atoms with Crippen molar-refractivity contribution in [2.24, 2.45) is 0 Å². The van der Waals surface area contributed by atoms with Gasteiger partial charge in [-0.2, -0.15) is 0 Å². The Balaban J connectivity index is 2.04. The maximum Gasteiger partial charge on any atom is 0.0971 e. The predicted molar refractivity (Wildman–Crippen MR) is 79.6 cm³/mol. The molecular formula is C15H32N2O2. The van der Waals surface area contributed by atoms with E-state index < -0.39 is 0 Å². The van der Waals surface area contributed by atoms with Crippen molar-refractivity contribution >= 4 is 0 Å². The Morgan fingerprint density at radius 1 is 1.00 bits per heavy atom. The van der Waals surface area contributed by atoms with E-state index in [0.29, 0.717) is 0 Å². The van der Waals surface area contributed by atoms with Gasteiger partial charge in [0.05, 0.1) is 12.2 Å². The molecule has 0 radical (unpaired) electrons. The summed E-state index contributed by atoms with van der Waals surface area (Å²) in [4.78, 5) is 2.46. The first-order valence-corrected chi connectivity index (χ1v) is 7.49. The number of hydrogen-bond acceptors (Lipinski definition) is 4. The van der Waals surface area contributed by atoms with Crippen LogP contribution in [0.5, 0.6) is 0 Å². The van der Waals surface area contributed by atoms with Crippen LogP contribution in [0.1, 0.15) is 40.0 Å². The molecule has 0 aromatic rings. The van der Waals surface area contributed by atoms with Gasteiger partial charge in [-0.05, 0) is 46.7 Å². The van der Waals surface area contributed by atoms with E-state index in [-0.39, 0.29) is 17.7 Å². The third-order valence-electron chi connectivity index (χ3n) is 3.70. The summed E-state index contributed by atoms with van der Waals surface area (Å²) >= 11 is 0. The van der Waals surface area contributed by atoms with Crippen LogP contribution >= 0.6 is 0 Å². The molecule has 0 aromatic carbocycles. The molecule has 114 valence electrons. The molecule has 19 heavy (non-hydrogen) atoms. The number of likely N-dealkylation sites (tertiary alicyclic amines) is 1. The lowest BCUT2D eigenvalue weighted by atomic mass is 10.1. The summed E-state index contributed by atoms with van der Waals surface area (Å²) in [6.07, 6.45) is 4.29. The zero-order chi connectivity index (χ0) is 14.3. The van der Waals surface area contributed by atoms with Crippen molar-refractivity contribution in [2.45, 2.75) is 57.8 Å². The molecule has 0 amide bonds. The van der Waals surface area contributed by atoms with Crippen LogP contribution in [-0.2, 0) is 9.47 Å². The molecule has 0 spiro atoms. The van der Waals surface area contributed by atoms with Crippen LogP contribution in [0.25, 0.3) is 0 Å². The minimum atomic E-state index is 0.242. The summed E-state index contributed by atoms with van der Waals surface area (Å²) in [5.41, 5.74) is 0.242. The molecule has 0 saturated carbocycles. The Kier molecular flexibility index (Phi) is 7.29. The molecule has 1 rings (SSSR count). The number of unbranched alkanes of at least 4 members (excludes halogenated alkanes) is 2. The van der Waals surface area contributed by atoms with Gasteiger partial charge in [-0.1, -0.05) is 6.42 Å². The lowest BCUT2D eigenvalue weighted by Crippen LogP contribution is -2.36. The molecule has 1 aliphatic heterocycles. The smallest absolute Gasteiger partial charge is 0.0971 e. The Bertz CT molecular complexity index is 229. The Labute approximate surface area is 118 Å². The molecule has 4 heteroatoms. The second-order valence-corrected chi connectivity index (χ2v) is 6.55. The average Bonchev–Trinajstić information content (AvgIpc) is 2.74. The zero-order valence-corrected chi connectivity index (χ0v) is 13.4. The van der Waals surface area contributed by atoms with Crippen LogP contribution in [0.2, 0.25) is 0 Å². The molecule has 4 nitrogen and oxygen atoms in total. The third-order valence-corrected chi connectivity index (χ3v) is 3.70. The van der Waals surface area contributed by atoms with Crippen LogP contribution < -0.4 is 5.32 Å². The fourth-order valence-electron chi connectivity index (χ4n) is 2.55. The van der Waals surface area contributed by atoms with Crippen molar-refractivity contribution in [3.63, 3.8) is 0 Å². The number of ether oxygens (including phenoxy) is 2. The number of nitrogens with zero attached hydrogens (tertiary/aromatic N) is 1. The van der Waals surface area contributed by atoms with Gasteiger partial charge < -0.3 is 14.8 Å². The van der Waals surface area contributed by atoms with Gasteiger partial charge in [0.15, 0.2) is 0 Å². The third kappa shape index (κ3) is 6.70. The molecule has 1 heterocycles. The summed E-state index contributed by atoms with van der Waals surface area (Å²) in [5.74, 6) is 0. The van der Waals surface area contributed by atoms with E-state index in [1.807, 2.05) is 0 Å². The van der Waals surface area contributed by atoms with Crippen LogP contribution in [0.4, 0.5) is 0 Å². The lowest BCUT2D eigenvalue weighted by molar-refractivity contribution is -0.00461. The van der Waals surface area contributed by atoms with Crippen molar-refractivity contribution < 1.29 is 9.47 Å². The summed E-state index contributed by atoms with van der Waals surface area (Å²) in [5, 5.41) is 3.53. The Hall–Kier alpha value is -0.160. The highest BCUT2D eigenvalue weighted by Crippen LogP contribution is 2.16. The summed E-state index contributed by atoms with van der Waals surface area (Å²) in [6, 6.07) is 0. The van der Waals surface area contributed by atoms with E-state index in [2.05, 4.69) is 31.0 Å². The molecule has 1 fully saturated rings. The minimum absolute atomic E-state index is 0.242. The van der Waals surface area contributed by atoms with Crippen molar-refractivity contribution in [1.29, 1.82) is 0 Å². The van der Waals surface area contributed by atoms with E-state index in [4.69, 9.17) is 9.47 Å². The van der Waals surface area contributed by atoms with Crippen LogP contribution in [0.15, 0.2) is 0 Å². The Morgan fingerprint density at radius 2 is 1.58 bits per heavy atom. The molecule has 1 aliphatic rings. The normalized spacial score (nSPS) is 25.1. The topological polar surface area (TPSA) is 33.7 Å². The van der Waals surface area contributed by atoms with Crippen LogP contribution in [0.3, 0.4) is 0 Å². The molecule has 1 N–H and O–H groups in total. The largest absolute Gasteiger partial charge is 0.377 e. The molecule has 0 bridgehead atoms. The van der Waals surface area contributed by atoms with E-state index in [9.17, 15) is 0 Å². The van der Waals surface area contributed by atoms with Crippen LogP contribution in [0, 0.1) is 0 Å². The first kappa shape index (κ1) is 16.9. The fourth-order valence-corrected chi connectivity index (χ4v) is 2.55. The SMILES string of the molecule is COC1CN(CCCCCNC(C)(C)C)CC1OC. The molecule has 0 aromatic heterocycles. The quantitative estimate of drug-likeness (QED) is 0.684. The molecule has 1 saturated heterocycles. The van der Waals surface area contributed by atoms with Gasteiger partial charge in [-0.3, -0.25) is 4.90 Å². The fraction of sp³-hybridized carbons (Fsp3) is 1.00. The highest BCUT2D eigenvalue weighted by Gasteiger charge is 2.32. The first-order chi connectivity index (χ1) is 8.96. The summed E-state index contributed by atoms with van der Waals surface area (Å²) < 4.78 is 10.9. The second-order valence-electron chi connectivity index (χ2n) is 6.55. The molecule has 0 aliphatic carbocycles. The number of nitrogens with one attached hydrogen (secondary N) is 1. The standard InChI is InChI=1S/C15H32N2O2/c1-15(2,3)16-9-7-6-8-10-17-11-13(18-4)14(12-17)19-5/h13-14,16H,6-12H2,1-5H3. The Morgan fingerprint density at radius 3 is 2.05 bits per heavy atom. The number of methoxy groups -OCH3 is 2. The van der Waals surface area contributed by atoms with E-state index in [1.54, 1.807) is 14.2 Å². The van der Waals surface area contributed by atoms with Gasteiger partial charge in [0.1, 0.15) is 0 Å². The van der Waals surface area contributed by atoms with Gasteiger partial charge >= 0.3 is 0 Å². The first-order valence-electron chi connectivity index (χ1n) is 7.49. The van der Waals surface area contributed by atoms with Gasteiger partial charge in [0, 0.05) is 32.8 Å². The van der Waals surface area contributed by atoms with Crippen LogP contribution in [-0.4, -0.2) is 63.0 Å². The minimum Gasteiger partial charge on any atom is -0.377 e. The second kappa shape index (κ2) is 8.20. The molecule has 2 unspecified atom stereocenters. The maximum atomic E-state index is 5.45.